The number of methoxy groups -OCH3 is 2. The molecule has 0 aliphatic heterocycles. The summed E-state index contributed by atoms with van der Waals surface area (Å²) in [4.78, 5) is 20.7. The van der Waals surface area contributed by atoms with E-state index >= 15 is 0 Å². The summed E-state index contributed by atoms with van der Waals surface area (Å²) in [5.41, 5.74) is 9.07. The number of nitrogens with one attached hydrogen (secondary N) is 1. The number of nitrogens with zero attached hydrogens (tertiary/aromatic N) is 2. The lowest BCUT2D eigenvalue weighted by Crippen LogP contribution is -2.31. The largest absolute Gasteiger partial charge is 0.480 e. The molecule has 0 radical (unpaired) electrons. The first-order chi connectivity index (χ1) is 11.6. The average molecular weight is 328 g/mol. The zero-order valence-electron chi connectivity index (χ0n) is 13.7. The second kappa shape index (κ2) is 6.74. The summed E-state index contributed by atoms with van der Waals surface area (Å²) in [6.45, 7) is 0. The normalized spacial score (nSPS) is 16.2. The Bertz CT molecular complexity index is 741. The number of carbonyl (C=O) groups is 1. The molecule has 0 bridgehead atoms. The first kappa shape index (κ1) is 16.0. The first-order valence-electron chi connectivity index (χ1n) is 7.76. The van der Waals surface area contributed by atoms with Crippen LogP contribution >= 0.6 is 0 Å². The van der Waals surface area contributed by atoms with E-state index < -0.39 is 0 Å². The van der Waals surface area contributed by atoms with Gasteiger partial charge in [-0.05, 0) is 42.5 Å². The SMILES string of the molecule is COc1ncnc(OC)c1C(=O)NC1CCCc2cc(N)ccc21. The molecule has 1 heterocycles. The molecule has 126 valence electrons. The molecule has 2 aromatic rings. The van der Waals surface area contributed by atoms with E-state index in [1.165, 1.54) is 26.1 Å². The second-order valence-electron chi connectivity index (χ2n) is 5.64. The maximum atomic E-state index is 12.8. The standard InChI is InChI=1S/C17H20N4O3/c1-23-16-14(17(24-2)20-9-19-16)15(22)21-13-5-3-4-10-8-11(18)6-7-12(10)13/h6-9,13H,3-5,18H2,1-2H3,(H,21,22). The highest BCUT2D eigenvalue weighted by Gasteiger charge is 2.26. The molecule has 1 aliphatic rings. The molecular weight excluding hydrogens is 308 g/mol. The molecule has 0 spiro atoms. The lowest BCUT2D eigenvalue weighted by Gasteiger charge is -2.27. The number of amides is 1. The fraction of sp³-hybridized carbons (Fsp3) is 0.353. The zero-order chi connectivity index (χ0) is 17.1. The van der Waals surface area contributed by atoms with E-state index in [-0.39, 0.29) is 29.3 Å². The van der Waals surface area contributed by atoms with Crippen molar-refractivity contribution in [2.24, 2.45) is 0 Å². The molecule has 3 N–H and O–H groups in total. The summed E-state index contributed by atoms with van der Waals surface area (Å²) in [6.07, 6.45) is 4.11. The Labute approximate surface area is 140 Å². The molecule has 1 atom stereocenters. The van der Waals surface area contributed by atoms with Crippen molar-refractivity contribution >= 4 is 11.6 Å². The molecular formula is C17H20N4O3. The number of anilines is 1. The Morgan fingerprint density at radius 3 is 2.62 bits per heavy atom. The van der Waals surface area contributed by atoms with Crippen LogP contribution in [0.2, 0.25) is 0 Å². The van der Waals surface area contributed by atoms with E-state index in [9.17, 15) is 4.79 Å². The van der Waals surface area contributed by atoms with E-state index in [0.29, 0.717) is 0 Å². The fourth-order valence-corrected chi connectivity index (χ4v) is 3.07. The Balaban J connectivity index is 1.90. The van der Waals surface area contributed by atoms with Crippen molar-refractivity contribution in [2.75, 3.05) is 20.0 Å². The third-order valence-electron chi connectivity index (χ3n) is 4.18. The van der Waals surface area contributed by atoms with Crippen LogP contribution in [0.15, 0.2) is 24.5 Å². The average Bonchev–Trinajstić information content (AvgIpc) is 2.60. The van der Waals surface area contributed by atoms with Crippen LogP contribution in [-0.2, 0) is 6.42 Å². The Morgan fingerprint density at radius 1 is 1.25 bits per heavy atom. The van der Waals surface area contributed by atoms with Gasteiger partial charge in [-0.1, -0.05) is 6.07 Å². The van der Waals surface area contributed by atoms with Crippen LogP contribution in [0.5, 0.6) is 11.8 Å². The van der Waals surface area contributed by atoms with Gasteiger partial charge in [-0.3, -0.25) is 4.79 Å². The minimum absolute atomic E-state index is 0.0866. The monoisotopic (exact) mass is 328 g/mol. The molecule has 1 unspecified atom stereocenters. The number of benzene rings is 1. The van der Waals surface area contributed by atoms with Crippen LogP contribution in [0.4, 0.5) is 5.69 Å². The summed E-state index contributed by atoms with van der Waals surface area (Å²) in [6, 6.07) is 5.72. The van der Waals surface area contributed by atoms with Crippen LogP contribution in [0.1, 0.15) is 40.4 Å². The van der Waals surface area contributed by atoms with Crippen LogP contribution in [0, 0.1) is 0 Å². The smallest absolute Gasteiger partial charge is 0.262 e. The molecule has 0 saturated heterocycles. The number of carbonyl (C=O) groups excluding carboxylic acids is 1. The lowest BCUT2D eigenvalue weighted by atomic mass is 9.87. The Hall–Kier alpha value is -2.83. The Kier molecular flexibility index (Phi) is 4.50. The highest BCUT2D eigenvalue weighted by atomic mass is 16.5. The van der Waals surface area contributed by atoms with Crippen molar-refractivity contribution in [1.82, 2.24) is 15.3 Å². The molecule has 1 aliphatic carbocycles. The van der Waals surface area contributed by atoms with Gasteiger partial charge in [-0.15, -0.1) is 0 Å². The first-order valence-corrected chi connectivity index (χ1v) is 7.76. The highest BCUT2D eigenvalue weighted by molar-refractivity contribution is 5.98. The molecule has 1 aromatic carbocycles. The lowest BCUT2D eigenvalue weighted by molar-refractivity contribution is 0.0924. The maximum absolute atomic E-state index is 12.8. The maximum Gasteiger partial charge on any atom is 0.262 e. The van der Waals surface area contributed by atoms with Crippen molar-refractivity contribution in [2.45, 2.75) is 25.3 Å². The van der Waals surface area contributed by atoms with E-state index in [0.717, 1.165) is 30.5 Å². The summed E-state index contributed by atoms with van der Waals surface area (Å²) in [7, 11) is 2.91. The van der Waals surface area contributed by atoms with Crippen LogP contribution in [0.25, 0.3) is 0 Å². The summed E-state index contributed by atoms with van der Waals surface area (Å²) >= 11 is 0. The number of hydrogen-bond acceptors (Lipinski definition) is 6. The Morgan fingerprint density at radius 2 is 1.96 bits per heavy atom. The van der Waals surface area contributed by atoms with Gasteiger partial charge in [0.25, 0.3) is 5.91 Å². The van der Waals surface area contributed by atoms with E-state index in [4.69, 9.17) is 15.2 Å². The van der Waals surface area contributed by atoms with Crippen molar-refractivity contribution in [3.8, 4) is 11.8 Å². The number of ether oxygens (including phenoxy) is 2. The third kappa shape index (κ3) is 2.97. The van der Waals surface area contributed by atoms with Gasteiger partial charge in [0, 0.05) is 5.69 Å². The van der Waals surface area contributed by atoms with E-state index in [2.05, 4.69) is 15.3 Å². The van der Waals surface area contributed by atoms with Gasteiger partial charge in [-0.25, -0.2) is 9.97 Å². The van der Waals surface area contributed by atoms with Gasteiger partial charge in [-0.2, -0.15) is 0 Å². The fourth-order valence-electron chi connectivity index (χ4n) is 3.07. The van der Waals surface area contributed by atoms with Crippen LogP contribution < -0.4 is 20.5 Å². The summed E-state index contributed by atoms with van der Waals surface area (Å²) < 4.78 is 10.3. The summed E-state index contributed by atoms with van der Waals surface area (Å²) in [5.74, 6) is 0.0550. The van der Waals surface area contributed by atoms with Crippen LogP contribution in [0.3, 0.4) is 0 Å². The van der Waals surface area contributed by atoms with Crippen molar-refractivity contribution in [1.29, 1.82) is 0 Å². The number of aryl methyl sites for hydroxylation is 1. The van der Waals surface area contributed by atoms with Gasteiger partial charge in [0.1, 0.15) is 6.33 Å². The minimum atomic E-state index is -0.320. The molecule has 1 aromatic heterocycles. The number of nitrogen functional groups attached to an aromatic ring is 1. The van der Waals surface area contributed by atoms with E-state index in [1.54, 1.807) is 0 Å². The molecule has 24 heavy (non-hydrogen) atoms. The molecule has 7 heteroatoms. The topological polar surface area (TPSA) is 99.4 Å². The number of rotatable bonds is 4. The molecule has 7 nitrogen and oxygen atoms in total. The molecule has 0 saturated carbocycles. The van der Waals surface area contributed by atoms with Gasteiger partial charge in [0.05, 0.1) is 20.3 Å². The predicted molar refractivity (Wildman–Crippen MR) is 89.1 cm³/mol. The predicted octanol–water partition coefficient (Wildman–Crippen LogP) is 1.88. The number of fused-ring (bicyclic) bond motifs is 1. The van der Waals surface area contributed by atoms with Crippen molar-refractivity contribution < 1.29 is 14.3 Å². The summed E-state index contributed by atoms with van der Waals surface area (Å²) in [5, 5.41) is 3.04. The molecule has 1 amide bonds. The number of aromatic nitrogens is 2. The highest BCUT2D eigenvalue weighted by Crippen LogP contribution is 2.32. The minimum Gasteiger partial charge on any atom is -0.480 e. The van der Waals surface area contributed by atoms with Gasteiger partial charge >= 0.3 is 0 Å². The van der Waals surface area contributed by atoms with Gasteiger partial charge in [0.2, 0.25) is 11.8 Å². The zero-order valence-corrected chi connectivity index (χ0v) is 13.7. The van der Waals surface area contributed by atoms with Gasteiger partial charge < -0.3 is 20.5 Å². The van der Waals surface area contributed by atoms with E-state index in [1.807, 2.05) is 18.2 Å². The molecule has 3 rings (SSSR count). The van der Waals surface area contributed by atoms with Crippen molar-refractivity contribution in [3.63, 3.8) is 0 Å². The van der Waals surface area contributed by atoms with Crippen molar-refractivity contribution in [3.05, 3.63) is 41.2 Å². The van der Waals surface area contributed by atoms with Gasteiger partial charge in [0.15, 0.2) is 5.56 Å². The quantitative estimate of drug-likeness (QED) is 0.831. The third-order valence-corrected chi connectivity index (χ3v) is 4.18. The number of nitrogens with two attached hydrogens (primary N) is 1. The number of hydrogen-bond donors (Lipinski definition) is 2. The van der Waals surface area contributed by atoms with Crippen LogP contribution in [-0.4, -0.2) is 30.1 Å². The molecule has 0 fully saturated rings. The second-order valence-corrected chi connectivity index (χ2v) is 5.64.